The molecule has 0 unspecified atom stereocenters. The van der Waals surface area contributed by atoms with Crippen molar-refractivity contribution in [2.75, 3.05) is 80.5 Å². The van der Waals surface area contributed by atoms with Gasteiger partial charge in [0.1, 0.15) is 42.0 Å². The number of hydrogen-bond acceptors (Lipinski definition) is 14. The van der Waals surface area contributed by atoms with Gasteiger partial charge >= 0.3 is 0 Å². The van der Waals surface area contributed by atoms with Crippen molar-refractivity contribution in [1.82, 2.24) is 61.0 Å². The predicted octanol–water partition coefficient (Wildman–Crippen LogP) is -2.51. The standard InChI is InChI=1S/C50H73N13O12/c1-28(2)42-47(72)52-22-31(51)49(74)62-19-13-11-17-34(62)44(69)54-24-37(65)59(6)27-40(68)61(8)43(29(3)4)48(73)53-23-33(57-46(71)41-36(64)21-30-15-9-10-16-32(30)56-41)50(75)63-20-14-12-18-35(63)45(70)55-25-38(66)58(5)26-39(67)60(42)7/h9-10,15-16,21,28-29,31,33-35,42-43,64H,11-14,17-20,22-27,51H2,1-8H3,(H,52,72)(H,53,73)(H,54,69)(H,55,70)(H,57,71)/t31-,33-,34+,35+,42+,43+/m1/s1. The van der Waals surface area contributed by atoms with Crippen LogP contribution < -0.4 is 32.3 Å². The Balaban J connectivity index is 1.44. The lowest BCUT2D eigenvalue weighted by Crippen LogP contribution is -2.61. The van der Waals surface area contributed by atoms with Crippen LogP contribution in [0, 0.1) is 11.8 Å². The van der Waals surface area contributed by atoms with Crippen molar-refractivity contribution in [3.63, 3.8) is 0 Å². The number of carbonyl (C=O) groups is 11. The topological polar surface area (TPSA) is 326 Å². The molecule has 3 fully saturated rings. The maximum absolute atomic E-state index is 14.7. The van der Waals surface area contributed by atoms with E-state index in [-0.39, 0.29) is 32.5 Å². The van der Waals surface area contributed by atoms with Crippen molar-refractivity contribution < 1.29 is 57.8 Å². The fourth-order valence-corrected chi connectivity index (χ4v) is 9.56. The number of amides is 11. The minimum absolute atomic E-state index is 0.0407. The SMILES string of the molecule is CC(C)[C@H]1C(=O)NC[C@@H](NC(=O)c2nc3ccccc3cc2O)C(=O)N2CCCC[C@H]2C(=O)NCC(=O)N(C)CC(=O)N(C)[C@@H](C(C)C)C(=O)NC[C@@H](N)C(=O)N2CCCC[C@H]2C(=O)NCC(=O)N(C)CC(=O)N1C. The molecule has 8 N–H and O–H groups in total. The van der Waals surface area contributed by atoms with E-state index in [9.17, 15) is 57.8 Å². The Bertz CT molecular complexity index is 2510. The fraction of sp³-hybridized carbons (Fsp3) is 0.600. The average molecular weight is 1050 g/mol. The Morgan fingerprint density at radius 1 is 0.640 bits per heavy atom. The van der Waals surface area contributed by atoms with Crippen molar-refractivity contribution in [1.29, 1.82) is 0 Å². The van der Waals surface area contributed by atoms with E-state index in [4.69, 9.17) is 5.73 Å². The lowest BCUT2D eigenvalue weighted by atomic mass is 9.99. The number of nitrogens with zero attached hydrogens (tertiary/aromatic N) is 7. The van der Waals surface area contributed by atoms with Crippen LogP contribution in [0.5, 0.6) is 5.75 Å². The molecule has 3 aliphatic rings. The summed E-state index contributed by atoms with van der Waals surface area (Å²) in [5.74, 6) is -9.21. The highest BCUT2D eigenvalue weighted by Crippen LogP contribution is 2.24. The van der Waals surface area contributed by atoms with Gasteiger partial charge in [-0.15, -0.1) is 0 Å². The number of carbonyl (C=O) groups excluding carboxylic acids is 11. The zero-order chi connectivity index (χ0) is 55.4. The maximum atomic E-state index is 14.7. The zero-order valence-corrected chi connectivity index (χ0v) is 44.1. The molecule has 0 radical (unpaired) electrons. The molecule has 25 nitrogen and oxygen atoms in total. The first-order valence-corrected chi connectivity index (χ1v) is 25.3. The lowest BCUT2D eigenvalue weighted by molar-refractivity contribution is -0.146. The molecule has 75 heavy (non-hydrogen) atoms. The van der Waals surface area contributed by atoms with E-state index >= 15 is 0 Å². The van der Waals surface area contributed by atoms with Crippen molar-refractivity contribution in [2.45, 2.75) is 102 Å². The molecule has 0 bridgehead atoms. The van der Waals surface area contributed by atoms with Crippen molar-refractivity contribution >= 4 is 75.9 Å². The molecule has 25 heteroatoms. The number of fused-ring (bicyclic) bond motifs is 3. The van der Waals surface area contributed by atoms with Gasteiger partial charge in [-0.3, -0.25) is 52.7 Å². The number of nitrogens with two attached hydrogens (primary N) is 1. The van der Waals surface area contributed by atoms with E-state index in [0.29, 0.717) is 36.6 Å². The molecule has 6 atom stereocenters. The average Bonchev–Trinajstić information content (AvgIpc) is 3.38. The summed E-state index contributed by atoms with van der Waals surface area (Å²) in [6.45, 7) is 3.93. The van der Waals surface area contributed by atoms with Gasteiger partial charge in [-0.1, -0.05) is 45.9 Å². The predicted molar refractivity (Wildman–Crippen MR) is 271 cm³/mol. The van der Waals surface area contributed by atoms with Crippen molar-refractivity contribution in [2.24, 2.45) is 17.6 Å². The largest absolute Gasteiger partial charge is 0.505 e. The third kappa shape index (κ3) is 14.7. The molecule has 1 aromatic carbocycles. The normalized spacial score (nSPS) is 25.0. The number of nitrogens with one attached hydrogen (secondary N) is 5. The van der Waals surface area contributed by atoms with E-state index in [1.54, 1.807) is 52.0 Å². The van der Waals surface area contributed by atoms with E-state index in [0.717, 1.165) is 14.7 Å². The number of piperidine rings is 2. The van der Waals surface area contributed by atoms with Gasteiger partial charge in [0.15, 0.2) is 5.69 Å². The molecule has 2 aromatic rings. The van der Waals surface area contributed by atoms with Crippen LogP contribution in [-0.2, 0) is 47.9 Å². The van der Waals surface area contributed by atoms with Crippen LogP contribution in [0.2, 0.25) is 0 Å². The van der Waals surface area contributed by atoms with Crippen LogP contribution in [0.15, 0.2) is 30.3 Å². The molecule has 0 aliphatic carbocycles. The summed E-state index contributed by atoms with van der Waals surface area (Å²) in [6.07, 6.45) is 2.55. The van der Waals surface area contributed by atoms with Crippen LogP contribution in [0.25, 0.3) is 10.9 Å². The van der Waals surface area contributed by atoms with Gasteiger partial charge in [0, 0.05) is 59.8 Å². The maximum Gasteiger partial charge on any atom is 0.274 e. The molecular weight excluding hydrogens is 975 g/mol. The molecule has 0 saturated carbocycles. The van der Waals surface area contributed by atoms with E-state index < -0.39 is 157 Å². The van der Waals surface area contributed by atoms with Gasteiger partial charge < -0.3 is 66.8 Å². The first-order valence-electron chi connectivity index (χ1n) is 25.3. The number of aromatic hydroxyl groups is 1. The molecule has 0 spiro atoms. The van der Waals surface area contributed by atoms with Crippen molar-refractivity contribution in [3.8, 4) is 5.75 Å². The summed E-state index contributed by atoms with van der Waals surface area (Å²) < 4.78 is 0. The highest BCUT2D eigenvalue weighted by atomic mass is 16.3. The Hall–Kier alpha value is -7.44. The quantitative estimate of drug-likeness (QED) is 0.167. The minimum atomic E-state index is -1.58. The minimum Gasteiger partial charge on any atom is -0.505 e. The molecule has 11 amide bonds. The second-order valence-electron chi connectivity index (χ2n) is 20.1. The molecule has 5 rings (SSSR count). The Morgan fingerprint density at radius 2 is 1.11 bits per heavy atom. The number of pyridine rings is 1. The molecule has 3 aliphatic heterocycles. The van der Waals surface area contributed by atoms with Crippen LogP contribution in [-0.4, -0.2) is 221 Å². The van der Waals surface area contributed by atoms with Crippen LogP contribution in [0.3, 0.4) is 0 Å². The molecule has 1 aromatic heterocycles. The van der Waals surface area contributed by atoms with Crippen LogP contribution in [0.1, 0.15) is 76.7 Å². The number of aromatic nitrogens is 1. The number of rotatable bonds is 4. The van der Waals surface area contributed by atoms with E-state index in [1.807, 2.05) is 0 Å². The summed E-state index contributed by atoms with van der Waals surface area (Å²) >= 11 is 0. The number of para-hydroxylation sites is 1. The second kappa shape index (κ2) is 26.2. The van der Waals surface area contributed by atoms with Crippen LogP contribution in [0.4, 0.5) is 0 Å². The van der Waals surface area contributed by atoms with Crippen LogP contribution >= 0.6 is 0 Å². The van der Waals surface area contributed by atoms with Gasteiger partial charge in [-0.2, -0.15) is 0 Å². The Kier molecular flexibility index (Phi) is 20.4. The highest BCUT2D eigenvalue weighted by Gasteiger charge is 2.40. The second-order valence-corrected chi connectivity index (χ2v) is 20.1. The summed E-state index contributed by atoms with van der Waals surface area (Å²) in [7, 11) is 5.42. The monoisotopic (exact) mass is 1050 g/mol. The van der Waals surface area contributed by atoms with Gasteiger partial charge in [0.05, 0.1) is 31.7 Å². The molecule has 410 valence electrons. The molecule has 3 saturated heterocycles. The number of benzene rings is 1. The van der Waals surface area contributed by atoms with Crippen molar-refractivity contribution in [3.05, 3.63) is 36.0 Å². The smallest absolute Gasteiger partial charge is 0.274 e. The van der Waals surface area contributed by atoms with Gasteiger partial charge in [-0.25, -0.2) is 4.98 Å². The zero-order valence-electron chi connectivity index (χ0n) is 44.1. The van der Waals surface area contributed by atoms with Gasteiger partial charge in [-0.05, 0) is 62.5 Å². The Labute approximate surface area is 435 Å². The lowest BCUT2D eigenvalue weighted by Gasteiger charge is -2.37. The summed E-state index contributed by atoms with van der Waals surface area (Å²) in [6, 6.07) is 0.781. The third-order valence-electron chi connectivity index (χ3n) is 13.8. The van der Waals surface area contributed by atoms with E-state index in [2.05, 4.69) is 31.6 Å². The Morgan fingerprint density at radius 3 is 1.60 bits per heavy atom. The molecule has 4 heterocycles. The number of likely N-dealkylation sites (N-methyl/N-ethyl adjacent to an activating group) is 4. The molecular formula is C50H73N13O12. The number of hydrogen-bond donors (Lipinski definition) is 7. The summed E-state index contributed by atoms with van der Waals surface area (Å²) in [5.41, 5.74) is 6.24. The highest BCUT2D eigenvalue weighted by molar-refractivity contribution is 6.02. The third-order valence-corrected chi connectivity index (χ3v) is 13.8. The summed E-state index contributed by atoms with van der Waals surface area (Å²) in [5, 5.41) is 24.5. The first kappa shape index (κ1) is 58.4. The fourth-order valence-electron chi connectivity index (χ4n) is 9.56. The van der Waals surface area contributed by atoms with E-state index in [1.165, 1.54) is 49.0 Å². The summed E-state index contributed by atoms with van der Waals surface area (Å²) in [4.78, 5) is 163. The first-order chi connectivity index (χ1) is 35.4. The van der Waals surface area contributed by atoms with Gasteiger partial charge in [0.2, 0.25) is 59.1 Å². The van der Waals surface area contributed by atoms with Gasteiger partial charge in [0.25, 0.3) is 5.91 Å².